The van der Waals surface area contributed by atoms with Crippen LogP contribution in [0.1, 0.15) is 38.7 Å². The van der Waals surface area contributed by atoms with E-state index in [1.165, 1.54) is 18.4 Å². The lowest BCUT2D eigenvalue weighted by atomic mass is 9.95. The molecule has 1 rings (SSSR count). The molecule has 1 aromatic rings. The van der Waals surface area contributed by atoms with Gasteiger partial charge >= 0.3 is 0 Å². The van der Waals surface area contributed by atoms with E-state index < -0.39 is 0 Å². The molecule has 0 aliphatic rings. The third-order valence-corrected chi connectivity index (χ3v) is 3.07. The summed E-state index contributed by atoms with van der Waals surface area (Å²) in [5, 5.41) is 3.62. The molecule has 17 heavy (non-hydrogen) atoms. The Kier molecular flexibility index (Phi) is 5.99. The molecule has 0 fully saturated rings. The zero-order valence-electron chi connectivity index (χ0n) is 11.2. The van der Waals surface area contributed by atoms with E-state index >= 15 is 0 Å². The average Bonchev–Trinajstić information content (AvgIpc) is 2.34. The maximum atomic E-state index is 3.74. The molecule has 0 aromatic heterocycles. The van der Waals surface area contributed by atoms with Gasteiger partial charge in [-0.2, -0.15) is 0 Å². The largest absolute Gasteiger partial charge is 0.312 e. The molecule has 0 amide bonds. The minimum Gasteiger partial charge on any atom is -0.312 e. The monoisotopic (exact) mass is 231 g/mol. The lowest BCUT2D eigenvalue weighted by Gasteiger charge is -2.26. The van der Waals surface area contributed by atoms with Crippen LogP contribution in [0.25, 0.3) is 0 Å². The molecule has 0 spiro atoms. The van der Waals surface area contributed by atoms with Gasteiger partial charge in [0, 0.05) is 5.54 Å². The second-order valence-corrected chi connectivity index (χ2v) is 5.23. The number of hydrogen-bond acceptors (Lipinski definition) is 1. The molecule has 94 valence electrons. The summed E-state index contributed by atoms with van der Waals surface area (Å²) in [5.74, 6) is 0. The molecule has 0 aliphatic heterocycles. The van der Waals surface area contributed by atoms with Gasteiger partial charge in [0.15, 0.2) is 0 Å². The van der Waals surface area contributed by atoms with Gasteiger partial charge in [-0.05, 0) is 51.6 Å². The fourth-order valence-corrected chi connectivity index (χ4v) is 1.86. The van der Waals surface area contributed by atoms with Gasteiger partial charge in [0.25, 0.3) is 0 Å². The van der Waals surface area contributed by atoms with Crippen molar-refractivity contribution in [2.75, 3.05) is 6.54 Å². The summed E-state index contributed by atoms with van der Waals surface area (Å²) in [5.41, 5.74) is 1.64. The Morgan fingerprint density at radius 2 is 1.94 bits per heavy atom. The van der Waals surface area contributed by atoms with Crippen molar-refractivity contribution in [2.24, 2.45) is 0 Å². The normalized spacial score (nSPS) is 11.4. The fourth-order valence-electron chi connectivity index (χ4n) is 1.86. The van der Waals surface area contributed by atoms with Crippen LogP contribution in [0.4, 0.5) is 0 Å². The standard InChI is InChI=1S/C16H25N/c1-4-5-9-14-17-16(2,3)13-12-15-10-7-6-8-11-15/h4,6-8,10-11,17H,1,5,9,12-14H2,2-3H3. The van der Waals surface area contributed by atoms with Crippen molar-refractivity contribution in [1.29, 1.82) is 0 Å². The number of aryl methyl sites for hydroxylation is 1. The first-order valence-corrected chi connectivity index (χ1v) is 6.54. The van der Waals surface area contributed by atoms with Crippen molar-refractivity contribution < 1.29 is 0 Å². The predicted molar refractivity (Wildman–Crippen MR) is 76.3 cm³/mol. The van der Waals surface area contributed by atoms with Crippen LogP contribution in [0.2, 0.25) is 0 Å². The molecule has 1 aromatic carbocycles. The van der Waals surface area contributed by atoms with Crippen LogP contribution in [-0.2, 0) is 6.42 Å². The van der Waals surface area contributed by atoms with Crippen molar-refractivity contribution in [2.45, 2.75) is 45.1 Å². The summed E-state index contributed by atoms with van der Waals surface area (Å²) < 4.78 is 0. The van der Waals surface area contributed by atoms with E-state index in [0.29, 0.717) is 0 Å². The third-order valence-electron chi connectivity index (χ3n) is 3.07. The van der Waals surface area contributed by atoms with Gasteiger partial charge in [-0.25, -0.2) is 0 Å². The summed E-state index contributed by atoms with van der Waals surface area (Å²) in [6.07, 6.45) is 6.58. The van der Waals surface area contributed by atoms with Crippen LogP contribution in [0.3, 0.4) is 0 Å². The van der Waals surface area contributed by atoms with E-state index in [1.807, 2.05) is 6.08 Å². The first-order chi connectivity index (χ1) is 8.14. The summed E-state index contributed by atoms with van der Waals surface area (Å²) in [7, 11) is 0. The first kappa shape index (κ1) is 14.0. The second kappa shape index (κ2) is 7.29. The molecule has 0 atom stereocenters. The molecule has 0 aliphatic carbocycles. The Labute approximate surface area is 106 Å². The smallest absolute Gasteiger partial charge is 0.0128 e. The predicted octanol–water partition coefficient (Wildman–Crippen LogP) is 3.95. The zero-order chi connectivity index (χ0) is 12.6. The van der Waals surface area contributed by atoms with E-state index in [-0.39, 0.29) is 5.54 Å². The molecule has 1 N–H and O–H groups in total. The van der Waals surface area contributed by atoms with Crippen molar-refractivity contribution in [3.63, 3.8) is 0 Å². The second-order valence-electron chi connectivity index (χ2n) is 5.23. The fraction of sp³-hybridized carbons (Fsp3) is 0.500. The van der Waals surface area contributed by atoms with Gasteiger partial charge < -0.3 is 5.32 Å². The van der Waals surface area contributed by atoms with E-state index in [0.717, 1.165) is 19.4 Å². The number of nitrogens with one attached hydrogen (secondary N) is 1. The third kappa shape index (κ3) is 6.28. The van der Waals surface area contributed by atoms with Crippen molar-refractivity contribution in [3.05, 3.63) is 48.6 Å². The van der Waals surface area contributed by atoms with Gasteiger partial charge in [0.2, 0.25) is 0 Å². The molecule has 0 saturated heterocycles. The van der Waals surface area contributed by atoms with Crippen molar-refractivity contribution >= 4 is 0 Å². The van der Waals surface area contributed by atoms with E-state index in [2.05, 4.69) is 56.1 Å². The molecule has 0 radical (unpaired) electrons. The van der Waals surface area contributed by atoms with E-state index in [1.54, 1.807) is 0 Å². The van der Waals surface area contributed by atoms with Crippen molar-refractivity contribution in [1.82, 2.24) is 5.32 Å². The van der Waals surface area contributed by atoms with Crippen LogP contribution in [0.5, 0.6) is 0 Å². The summed E-state index contributed by atoms with van der Waals surface area (Å²) >= 11 is 0. The maximum absolute atomic E-state index is 3.74. The molecular formula is C16H25N. The molecule has 1 heteroatoms. The van der Waals surface area contributed by atoms with E-state index in [4.69, 9.17) is 0 Å². The number of rotatable bonds is 8. The van der Waals surface area contributed by atoms with Crippen LogP contribution < -0.4 is 5.32 Å². The Balaban J connectivity index is 2.26. The highest BCUT2D eigenvalue weighted by Gasteiger charge is 2.15. The summed E-state index contributed by atoms with van der Waals surface area (Å²) in [6.45, 7) is 9.38. The van der Waals surface area contributed by atoms with Gasteiger partial charge in [-0.3, -0.25) is 0 Å². The Bertz CT molecular complexity index is 314. The molecule has 0 saturated carbocycles. The lowest BCUT2D eigenvalue weighted by Crippen LogP contribution is -2.40. The zero-order valence-corrected chi connectivity index (χ0v) is 11.2. The Morgan fingerprint density at radius 3 is 2.59 bits per heavy atom. The van der Waals surface area contributed by atoms with Gasteiger partial charge in [-0.15, -0.1) is 6.58 Å². The number of benzene rings is 1. The Hall–Kier alpha value is -1.08. The molecule has 0 unspecified atom stereocenters. The SMILES string of the molecule is C=CCCCNC(C)(C)CCc1ccccc1. The quantitative estimate of drug-likeness (QED) is 0.527. The lowest BCUT2D eigenvalue weighted by molar-refractivity contribution is 0.361. The van der Waals surface area contributed by atoms with E-state index in [9.17, 15) is 0 Å². The molecule has 0 bridgehead atoms. The summed E-state index contributed by atoms with van der Waals surface area (Å²) in [4.78, 5) is 0. The highest BCUT2D eigenvalue weighted by molar-refractivity contribution is 5.15. The highest BCUT2D eigenvalue weighted by atomic mass is 14.9. The van der Waals surface area contributed by atoms with Gasteiger partial charge in [-0.1, -0.05) is 36.4 Å². The summed E-state index contributed by atoms with van der Waals surface area (Å²) in [6, 6.07) is 10.7. The topological polar surface area (TPSA) is 12.0 Å². The maximum Gasteiger partial charge on any atom is 0.0128 e. The highest BCUT2D eigenvalue weighted by Crippen LogP contribution is 2.13. The molecule has 0 heterocycles. The first-order valence-electron chi connectivity index (χ1n) is 6.54. The van der Waals surface area contributed by atoms with Crippen molar-refractivity contribution in [3.8, 4) is 0 Å². The van der Waals surface area contributed by atoms with Gasteiger partial charge in [0.05, 0.1) is 0 Å². The number of hydrogen-bond donors (Lipinski definition) is 1. The average molecular weight is 231 g/mol. The van der Waals surface area contributed by atoms with Crippen LogP contribution in [0.15, 0.2) is 43.0 Å². The molecule has 1 nitrogen and oxygen atoms in total. The minimum absolute atomic E-state index is 0.219. The molecular weight excluding hydrogens is 206 g/mol. The number of allylic oxidation sites excluding steroid dienone is 1. The van der Waals surface area contributed by atoms with Crippen LogP contribution in [-0.4, -0.2) is 12.1 Å². The van der Waals surface area contributed by atoms with Gasteiger partial charge in [0.1, 0.15) is 0 Å². The van der Waals surface area contributed by atoms with Crippen LogP contribution >= 0.6 is 0 Å². The number of unbranched alkanes of at least 4 members (excludes halogenated alkanes) is 1. The Morgan fingerprint density at radius 1 is 1.24 bits per heavy atom. The van der Waals surface area contributed by atoms with Crippen LogP contribution in [0, 0.1) is 0 Å². The minimum atomic E-state index is 0.219.